The maximum Gasteiger partial charge on any atom is 0.360 e. The third-order valence-electron chi connectivity index (χ3n) is 2.76. The van der Waals surface area contributed by atoms with E-state index in [-0.39, 0.29) is 5.69 Å². The van der Waals surface area contributed by atoms with E-state index in [2.05, 4.69) is 9.97 Å². The molecule has 0 saturated carbocycles. The van der Waals surface area contributed by atoms with E-state index in [0.717, 1.165) is 5.56 Å². The molecule has 19 heavy (non-hydrogen) atoms. The maximum atomic E-state index is 11.7. The SMILES string of the molecule is CCOC(=O)c1nc(C)n(Cc2ccncc2)c1N. The molecular weight excluding hydrogens is 244 g/mol. The number of aryl methyl sites for hydroxylation is 1. The molecule has 100 valence electrons. The second-order valence-corrected chi connectivity index (χ2v) is 4.05. The van der Waals surface area contributed by atoms with Crippen molar-refractivity contribution in [2.24, 2.45) is 0 Å². The van der Waals surface area contributed by atoms with Crippen molar-refractivity contribution in [3.05, 3.63) is 41.6 Å². The summed E-state index contributed by atoms with van der Waals surface area (Å²) in [6.45, 7) is 4.40. The van der Waals surface area contributed by atoms with Crippen LogP contribution in [0.4, 0.5) is 5.82 Å². The number of carbonyl (C=O) groups is 1. The number of hydrogen-bond acceptors (Lipinski definition) is 5. The van der Waals surface area contributed by atoms with Gasteiger partial charge in [-0.25, -0.2) is 9.78 Å². The van der Waals surface area contributed by atoms with Crippen molar-refractivity contribution >= 4 is 11.8 Å². The Morgan fingerprint density at radius 1 is 1.42 bits per heavy atom. The summed E-state index contributed by atoms with van der Waals surface area (Å²) in [7, 11) is 0. The Kier molecular flexibility index (Phi) is 3.79. The van der Waals surface area contributed by atoms with Crippen molar-refractivity contribution in [2.45, 2.75) is 20.4 Å². The third kappa shape index (κ3) is 2.73. The molecule has 0 bridgehead atoms. The van der Waals surface area contributed by atoms with Gasteiger partial charge in [-0.15, -0.1) is 0 Å². The monoisotopic (exact) mass is 260 g/mol. The maximum absolute atomic E-state index is 11.7. The molecule has 0 aliphatic carbocycles. The number of anilines is 1. The average Bonchev–Trinajstić information content (AvgIpc) is 2.68. The summed E-state index contributed by atoms with van der Waals surface area (Å²) in [5.74, 6) is 0.515. The summed E-state index contributed by atoms with van der Waals surface area (Å²) in [5, 5.41) is 0. The minimum absolute atomic E-state index is 0.174. The molecule has 0 spiro atoms. The van der Waals surface area contributed by atoms with Gasteiger partial charge in [0.2, 0.25) is 0 Å². The molecule has 0 unspecified atom stereocenters. The van der Waals surface area contributed by atoms with Gasteiger partial charge in [0.15, 0.2) is 5.69 Å². The van der Waals surface area contributed by atoms with Crippen LogP contribution >= 0.6 is 0 Å². The fourth-order valence-corrected chi connectivity index (χ4v) is 1.80. The molecule has 0 amide bonds. The molecule has 0 saturated heterocycles. The molecule has 0 radical (unpaired) electrons. The fourth-order valence-electron chi connectivity index (χ4n) is 1.80. The second kappa shape index (κ2) is 5.51. The Bertz CT molecular complexity index is 578. The van der Waals surface area contributed by atoms with Crippen LogP contribution in [0.1, 0.15) is 28.8 Å². The molecule has 0 aliphatic heterocycles. The van der Waals surface area contributed by atoms with Gasteiger partial charge < -0.3 is 15.0 Å². The van der Waals surface area contributed by atoms with E-state index in [4.69, 9.17) is 10.5 Å². The normalized spacial score (nSPS) is 10.4. The summed E-state index contributed by atoms with van der Waals surface area (Å²) in [5.41, 5.74) is 7.18. The van der Waals surface area contributed by atoms with Crippen LogP contribution in [-0.2, 0) is 11.3 Å². The molecule has 0 fully saturated rings. The lowest BCUT2D eigenvalue weighted by Crippen LogP contribution is -2.10. The number of aromatic nitrogens is 3. The lowest BCUT2D eigenvalue weighted by atomic mass is 10.2. The van der Waals surface area contributed by atoms with E-state index in [1.807, 2.05) is 12.1 Å². The predicted molar refractivity (Wildman–Crippen MR) is 70.7 cm³/mol. The van der Waals surface area contributed by atoms with Crippen molar-refractivity contribution in [1.29, 1.82) is 0 Å². The highest BCUT2D eigenvalue weighted by Gasteiger charge is 2.19. The van der Waals surface area contributed by atoms with Crippen molar-refractivity contribution < 1.29 is 9.53 Å². The zero-order valence-corrected chi connectivity index (χ0v) is 11.0. The molecule has 2 aromatic heterocycles. The van der Waals surface area contributed by atoms with Crippen LogP contribution in [0.15, 0.2) is 24.5 Å². The molecule has 2 rings (SSSR count). The smallest absolute Gasteiger partial charge is 0.360 e. The van der Waals surface area contributed by atoms with Crippen LogP contribution in [0.5, 0.6) is 0 Å². The number of nitrogen functional groups attached to an aromatic ring is 1. The largest absolute Gasteiger partial charge is 0.461 e. The van der Waals surface area contributed by atoms with Gasteiger partial charge >= 0.3 is 5.97 Å². The van der Waals surface area contributed by atoms with E-state index in [9.17, 15) is 4.79 Å². The number of esters is 1. The summed E-state index contributed by atoms with van der Waals surface area (Å²) in [6.07, 6.45) is 3.42. The Labute approximate surface area is 111 Å². The Hall–Kier alpha value is -2.37. The van der Waals surface area contributed by atoms with Gasteiger partial charge in [-0.05, 0) is 31.5 Å². The zero-order chi connectivity index (χ0) is 13.8. The first kappa shape index (κ1) is 13.1. The number of nitrogens with zero attached hydrogens (tertiary/aromatic N) is 3. The highest BCUT2D eigenvalue weighted by Crippen LogP contribution is 2.17. The van der Waals surface area contributed by atoms with Gasteiger partial charge in [0.1, 0.15) is 11.6 Å². The molecule has 2 aromatic rings. The lowest BCUT2D eigenvalue weighted by Gasteiger charge is -2.07. The minimum Gasteiger partial charge on any atom is -0.461 e. The molecular formula is C13H16N4O2. The zero-order valence-electron chi connectivity index (χ0n) is 11.0. The standard InChI is InChI=1S/C13H16N4O2/c1-3-19-13(18)11-12(14)17(9(2)16-11)8-10-4-6-15-7-5-10/h4-7H,3,8,14H2,1-2H3. The van der Waals surface area contributed by atoms with Crippen molar-refractivity contribution in [2.75, 3.05) is 12.3 Å². The van der Waals surface area contributed by atoms with Crippen LogP contribution in [0.3, 0.4) is 0 Å². The first-order chi connectivity index (χ1) is 9.13. The number of carbonyl (C=O) groups excluding carboxylic acids is 1. The number of hydrogen-bond donors (Lipinski definition) is 1. The van der Waals surface area contributed by atoms with E-state index >= 15 is 0 Å². The number of nitrogens with two attached hydrogens (primary N) is 1. The number of pyridine rings is 1. The molecule has 0 aliphatic rings. The fraction of sp³-hybridized carbons (Fsp3) is 0.308. The molecule has 2 N–H and O–H groups in total. The van der Waals surface area contributed by atoms with E-state index in [1.54, 1.807) is 30.8 Å². The van der Waals surface area contributed by atoms with E-state index in [1.165, 1.54) is 0 Å². The number of imidazole rings is 1. The van der Waals surface area contributed by atoms with Crippen LogP contribution in [0, 0.1) is 6.92 Å². The first-order valence-electron chi connectivity index (χ1n) is 6.02. The Morgan fingerprint density at radius 3 is 2.74 bits per heavy atom. The number of rotatable bonds is 4. The third-order valence-corrected chi connectivity index (χ3v) is 2.76. The molecule has 0 atom stereocenters. The first-order valence-corrected chi connectivity index (χ1v) is 6.02. The van der Waals surface area contributed by atoms with Crippen molar-refractivity contribution in [3.63, 3.8) is 0 Å². The van der Waals surface area contributed by atoms with E-state index in [0.29, 0.717) is 24.8 Å². The van der Waals surface area contributed by atoms with Gasteiger partial charge in [-0.3, -0.25) is 4.98 Å². The molecule has 2 heterocycles. The van der Waals surface area contributed by atoms with Crippen molar-refractivity contribution in [3.8, 4) is 0 Å². The lowest BCUT2D eigenvalue weighted by molar-refractivity contribution is 0.0521. The van der Waals surface area contributed by atoms with Gasteiger partial charge in [-0.1, -0.05) is 0 Å². The van der Waals surface area contributed by atoms with Gasteiger partial charge in [0.25, 0.3) is 0 Å². The molecule has 0 aromatic carbocycles. The quantitative estimate of drug-likeness (QED) is 0.840. The van der Waals surface area contributed by atoms with Gasteiger partial charge in [-0.2, -0.15) is 0 Å². The Balaban J connectivity index is 2.29. The summed E-state index contributed by atoms with van der Waals surface area (Å²) in [4.78, 5) is 19.8. The summed E-state index contributed by atoms with van der Waals surface area (Å²) < 4.78 is 6.70. The molecule has 6 nitrogen and oxygen atoms in total. The van der Waals surface area contributed by atoms with Crippen LogP contribution in [0.25, 0.3) is 0 Å². The Morgan fingerprint density at radius 2 is 2.11 bits per heavy atom. The van der Waals surface area contributed by atoms with Crippen molar-refractivity contribution in [1.82, 2.24) is 14.5 Å². The van der Waals surface area contributed by atoms with Gasteiger partial charge in [0, 0.05) is 12.4 Å². The van der Waals surface area contributed by atoms with E-state index < -0.39 is 5.97 Å². The number of ether oxygens (including phenoxy) is 1. The highest BCUT2D eigenvalue weighted by atomic mass is 16.5. The van der Waals surface area contributed by atoms with Crippen LogP contribution in [0.2, 0.25) is 0 Å². The van der Waals surface area contributed by atoms with Gasteiger partial charge in [0.05, 0.1) is 13.2 Å². The minimum atomic E-state index is -0.489. The average molecular weight is 260 g/mol. The van der Waals surface area contributed by atoms with Crippen LogP contribution < -0.4 is 5.73 Å². The summed E-state index contributed by atoms with van der Waals surface area (Å²) in [6, 6.07) is 3.78. The second-order valence-electron chi connectivity index (χ2n) is 4.05. The van der Waals surface area contributed by atoms with Crippen LogP contribution in [-0.4, -0.2) is 27.1 Å². The molecule has 6 heteroatoms. The highest BCUT2D eigenvalue weighted by molar-refractivity contribution is 5.92. The predicted octanol–water partition coefficient (Wildman–Crippen LogP) is 1.39. The topological polar surface area (TPSA) is 83.0 Å². The summed E-state index contributed by atoms with van der Waals surface area (Å²) >= 11 is 0.